The van der Waals surface area contributed by atoms with E-state index in [1.165, 1.54) is 16.9 Å². The van der Waals surface area contributed by atoms with E-state index in [1.807, 2.05) is 40.9 Å². The van der Waals surface area contributed by atoms with Gasteiger partial charge in [-0.3, -0.25) is 0 Å². The van der Waals surface area contributed by atoms with Crippen molar-refractivity contribution in [2.24, 2.45) is 0 Å². The predicted octanol–water partition coefficient (Wildman–Crippen LogP) is 3.79. The molecule has 23 heavy (non-hydrogen) atoms. The molecule has 0 aliphatic rings. The molecule has 0 bridgehead atoms. The lowest BCUT2D eigenvalue weighted by Crippen LogP contribution is -1.97. The van der Waals surface area contributed by atoms with Crippen LogP contribution in [-0.2, 0) is 6.42 Å². The summed E-state index contributed by atoms with van der Waals surface area (Å²) in [5, 5.41) is 14.0. The lowest BCUT2D eigenvalue weighted by atomic mass is 10.1. The van der Waals surface area contributed by atoms with Gasteiger partial charge in [-0.25, -0.2) is 0 Å². The third kappa shape index (κ3) is 2.85. The zero-order valence-corrected chi connectivity index (χ0v) is 14.4. The molecule has 0 amide bonds. The first kappa shape index (κ1) is 14.3. The maximum atomic E-state index is 5.85. The summed E-state index contributed by atoms with van der Waals surface area (Å²) in [5.74, 6) is 0.828. The minimum absolute atomic E-state index is 0.689. The normalized spacial score (nSPS) is 11.2. The van der Waals surface area contributed by atoms with Crippen LogP contribution in [0.3, 0.4) is 0 Å². The van der Waals surface area contributed by atoms with Crippen molar-refractivity contribution in [3.63, 3.8) is 0 Å². The number of hydrogen-bond donors (Lipinski definition) is 1. The molecule has 0 aliphatic carbocycles. The minimum atomic E-state index is 0.689. The molecule has 2 aromatic heterocycles. The summed E-state index contributed by atoms with van der Waals surface area (Å²) in [6, 6.07) is 15.9. The van der Waals surface area contributed by atoms with E-state index in [4.69, 9.17) is 5.73 Å². The minimum Gasteiger partial charge on any atom is -0.399 e. The van der Waals surface area contributed by atoms with E-state index in [0.29, 0.717) is 6.42 Å². The van der Waals surface area contributed by atoms with E-state index in [1.54, 1.807) is 0 Å². The first-order valence-corrected chi connectivity index (χ1v) is 8.61. The van der Waals surface area contributed by atoms with E-state index in [-0.39, 0.29) is 0 Å². The number of anilines is 1. The molecule has 0 saturated carbocycles. The maximum absolute atomic E-state index is 5.85. The van der Waals surface area contributed by atoms with Crippen molar-refractivity contribution < 1.29 is 0 Å². The molecule has 2 aromatic carbocycles. The standard InChI is InChI=1S/C16H12BrN5S/c17-12-6-4-10(5-7-12)8-14-19-20-16-22(14)21-15(23-16)11-2-1-3-13(18)9-11/h1-7,9H,8,18H2. The fourth-order valence-corrected chi connectivity index (χ4v) is 3.46. The molecule has 0 aliphatic heterocycles. The van der Waals surface area contributed by atoms with Gasteiger partial charge in [0.2, 0.25) is 4.96 Å². The smallest absolute Gasteiger partial charge is 0.234 e. The highest BCUT2D eigenvalue weighted by atomic mass is 79.9. The summed E-state index contributed by atoms with van der Waals surface area (Å²) < 4.78 is 2.87. The van der Waals surface area contributed by atoms with Crippen LogP contribution < -0.4 is 5.73 Å². The topological polar surface area (TPSA) is 69.1 Å². The summed E-state index contributed by atoms with van der Waals surface area (Å²) in [7, 11) is 0. The van der Waals surface area contributed by atoms with Crippen LogP contribution in [0.5, 0.6) is 0 Å². The van der Waals surface area contributed by atoms with Gasteiger partial charge in [-0.2, -0.15) is 9.61 Å². The zero-order chi connectivity index (χ0) is 15.8. The van der Waals surface area contributed by atoms with E-state index < -0.39 is 0 Å². The highest BCUT2D eigenvalue weighted by Gasteiger charge is 2.13. The second kappa shape index (κ2) is 5.75. The fraction of sp³-hybridized carbons (Fsp3) is 0.0625. The van der Waals surface area contributed by atoms with E-state index in [0.717, 1.165) is 31.5 Å². The third-order valence-corrected chi connectivity index (χ3v) is 4.94. The van der Waals surface area contributed by atoms with Gasteiger partial charge in [-0.05, 0) is 29.8 Å². The molecule has 114 valence electrons. The third-order valence-electron chi connectivity index (χ3n) is 3.46. The van der Waals surface area contributed by atoms with Crippen molar-refractivity contribution in [2.45, 2.75) is 6.42 Å². The van der Waals surface area contributed by atoms with Gasteiger partial charge in [0.25, 0.3) is 0 Å². The Morgan fingerprint density at radius 3 is 2.70 bits per heavy atom. The van der Waals surface area contributed by atoms with E-state index in [2.05, 4.69) is 43.4 Å². The Morgan fingerprint density at radius 1 is 1.09 bits per heavy atom. The number of aromatic nitrogens is 4. The van der Waals surface area contributed by atoms with E-state index >= 15 is 0 Å². The summed E-state index contributed by atoms with van der Waals surface area (Å²) in [6.07, 6.45) is 0.689. The molecule has 0 atom stereocenters. The first-order chi connectivity index (χ1) is 11.2. The van der Waals surface area contributed by atoms with Gasteiger partial charge in [0.1, 0.15) is 5.01 Å². The summed E-state index contributed by atoms with van der Waals surface area (Å²) in [5.41, 5.74) is 8.74. The lowest BCUT2D eigenvalue weighted by Gasteiger charge is -1.99. The zero-order valence-electron chi connectivity index (χ0n) is 12.0. The van der Waals surface area contributed by atoms with Crippen LogP contribution in [0.15, 0.2) is 53.0 Å². The van der Waals surface area contributed by atoms with Crippen LogP contribution in [0.2, 0.25) is 0 Å². The van der Waals surface area contributed by atoms with Gasteiger partial charge in [0, 0.05) is 22.1 Å². The Hall–Kier alpha value is -2.25. The molecule has 0 unspecified atom stereocenters. The van der Waals surface area contributed by atoms with Crippen molar-refractivity contribution in [1.29, 1.82) is 0 Å². The largest absolute Gasteiger partial charge is 0.399 e. The van der Waals surface area contributed by atoms with Gasteiger partial charge in [-0.15, -0.1) is 10.2 Å². The molecule has 0 saturated heterocycles. The molecule has 0 spiro atoms. The number of nitrogen functional groups attached to an aromatic ring is 1. The van der Waals surface area contributed by atoms with Gasteiger partial charge in [0.15, 0.2) is 5.82 Å². The molecule has 0 fully saturated rings. The molecule has 4 aromatic rings. The van der Waals surface area contributed by atoms with Crippen molar-refractivity contribution in [2.75, 3.05) is 5.73 Å². The average molecular weight is 386 g/mol. The summed E-state index contributed by atoms with van der Waals surface area (Å²) in [6.45, 7) is 0. The van der Waals surface area contributed by atoms with Crippen molar-refractivity contribution >= 4 is 37.9 Å². The Kier molecular flexibility index (Phi) is 3.59. The molecule has 7 heteroatoms. The van der Waals surface area contributed by atoms with Gasteiger partial charge >= 0.3 is 0 Å². The maximum Gasteiger partial charge on any atom is 0.234 e. The molecular weight excluding hydrogens is 374 g/mol. The monoisotopic (exact) mass is 385 g/mol. The summed E-state index contributed by atoms with van der Waals surface area (Å²) in [4.78, 5) is 0.787. The van der Waals surface area contributed by atoms with Crippen molar-refractivity contribution in [3.05, 3.63) is 64.4 Å². The molecule has 0 radical (unpaired) electrons. The second-order valence-electron chi connectivity index (χ2n) is 5.15. The SMILES string of the molecule is Nc1cccc(-c2nn3c(Cc4ccc(Br)cc4)nnc3s2)c1. The van der Waals surface area contributed by atoms with Gasteiger partial charge in [0.05, 0.1) is 0 Å². The molecule has 5 nitrogen and oxygen atoms in total. The van der Waals surface area contributed by atoms with Gasteiger partial charge < -0.3 is 5.73 Å². The van der Waals surface area contributed by atoms with Crippen LogP contribution in [0.25, 0.3) is 15.5 Å². The second-order valence-corrected chi connectivity index (χ2v) is 7.02. The Morgan fingerprint density at radius 2 is 1.91 bits per heavy atom. The highest BCUT2D eigenvalue weighted by molar-refractivity contribution is 9.10. The van der Waals surface area contributed by atoms with Crippen LogP contribution in [0.4, 0.5) is 5.69 Å². The Bertz CT molecular complexity index is 974. The number of nitrogens with zero attached hydrogens (tertiary/aromatic N) is 4. The molecule has 2 heterocycles. The number of fused-ring (bicyclic) bond motifs is 1. The number of hydrogen-bond acceptors (Lipinski definition) is 5. The molecule has 4 rings (SSSR count). The predicted molar refractivity (Wildman–Crippen MR) is 95.5 cm³/mol. The quantitative estimate of drug-likeness (QED) is 0.544. The lowest BCUT2D eigenvalue weighted by molar-refractivity contribution is 0.854. The fourth-order valence-electron chi connectivity index (χ4n) is 2.34. The van der Waals surface area contributed by atoms with Crippen LogP contribution in [-0.4, -0.2) is 19.8 Å². The van der Waals surface area contributed by atoms with Crippen molar-refractivity contribution in [3.8, 4) is 10.6 Å². The van der Waals surface area contributed by atoms with Crippen molar-refractivity contribution in [1.82, 2.24) is 19.8 Å². The molecular formula is C16H12BrN5S. The Balaban J connectivity index is 1.70. The van der Waals surface area contributed by atoms with E-state index in [9.17, 15) is 0 Å². The van der Waals surface area contributed by atoms with Gasteiger partial charge in [-0.1, -0.05) is 51.5 Å². The number of benzene rings is 2. The average Bonchev–Trinajstić information content (AvgIpc) is 3.11. The number of halogens is 1. The van der Waals surface area contributed by atoms with Crippen LogP contribution in [0, 0.1) is 0 Å². The molecule has 2 N–H and O–H groups in total. The number of nitrogens with two attached hydrogens (primary N) is 1. The highest BCUT2D eigenvalue weighted by Crippen LogP contribution is 2.27. The summed E-state index contributed by atoms with van der Waals surface area (Å²) >= 11 is 4.95. The first-order valence-electron chi connectivity index (χ1n) is 7.00. The Labute approximate surface area is 144 Å². The number of rotatable bonds is 3. The van der Waals surface area contributed by atoms with Crippen LogP contribution in [0.1, 0.15) is 11.4 Å². The van der Waals surface area contributed by atoms with Crippen LogP contribution >= 0.6 is 27.3 Å².